The van der Waals surface area contributed by atoms with E-state index in [-0.39, 0.29) is 17.3 Å². The van der Waals surface area contributed by atoms with Gasteiger partial charge in [-0.25, -0.2) is 8.42 Å². The summed E-state index contributed by atoms with van der Waals surface area (Å²) in [6, 6.07) is 3.73. The molecule has 1 aliphatic heterocycles. The number of hydrogen-bond acceptors (Lipinski definition) is 4. The number of benzene rings is 1. The van der Waals surface area contributed by atoms with Gasteiger partial charge >= 0.3 is 0 Å². The van der Waals surface area contributed by atoms with Gasteiger partial charge in [-0.15, -0.1) is 0 Å². The highest BCUT2D eigenvalue weighted by Gasteiger charge is 2.33. The number of rotatable bonds is 5. The first-order chi connectivity index (χ1) is 14.0. The Bertz CT molecular complexity index is 1050. The molecule has 0 atom stereocenters. The Morgan fingerprint density at radius 1 is 1.20 bits per heavy atom. The second-order valence-electron chi connectivity index (χ2n) is 8.23. The molecule has 9 heteroatoms. The van der Waals surface area contributed by atoms with Crippen molar-refractivity contribution in [3.05, 3.63) is 39.7 Å². The van der Waals surface area contributed by atoms with Crippen molar-refractivity contribution in [1.29, 1.82) is 0 Å². The zero-order valence-corrected chi connectivity index (χ0v) is 19.7. The van der Waals surface area contributed by atoms with Gasteiger partial charge in [-0.05, 0) is 63.6 Å². The Hall–Kier alpha value is -1.90. The van der Waals surface area contributed by atoms with Gasteiger partial charge in [-0.1, -0.05) is 24.6 Å². The summed E-state index contributed by atoms with van der Waals surface area (Å²) >= 11 is 6.28. The van der Waals surface area contributed by atoms with Crippen LogP contribution in [0.15, 0.2) is 17.0 Å². The maximum Gasteiger partial charge on any atom is 0.246 e. The summed E-state index contributed by atoms with van der Waals surface area (Å²) in [5.41, 5.74) is 3.31. The van der Waals surface area contributed by atoms with Crippen LogP contribution in [0.2, 0.25) is 5.02 Å². The number of nitrogens with zero attached hydrogens (tertiary/aromatic N) is 3. The Labute approximate surface area is 183 Å². The summed E-state index contributed by atoms with van der Waals surface area (Å²) in [4.78, 5) is 12.8. The van der Waals surface area contributed by atoms with Crippen molar-refractivity contribution < 1.29 is 13.2 Å². The normalized spacial score (nSPS) is 16.1. The number of hydrogen-bond donors (Lipinski definition) is 1. The summed E-state index contributed by atoms with van der Waals surface area (Å²) in [6.07, 6.45) is 1.70. The number of nitrogens with one attached hydrogen (secondary N) is 1. The first-order valence-electron chi connectivity index (χ1n) is 10.1. The van der Waals surface area contributed by atoms with Gasteiger partial charge in [0.05, 0.1) is 22.1 Å². The fraction of sp³-hybridized carbons (Fsp3) is 0.524. The van der Waals surface area contributed by atoms with Crippen molar-refractivity contribution in [1.82, 2.24) is 14.1 Å². The van der Waals surface area contributed by atoms with E-state index in [0.717, 1.165) is 24.0 Å². The molecule has 0 bridgehead atoms. The number of aryl methyl sites for hydroxylation is 3. The third-order valence-electron chi connectivity index (χ3n) is 5.65. The molecule has 1 fully saturated rings. The number of sulfonamides is 1. The summed E-state index contributed by atoms with van der Waals surface area (Å²) in [7, 11) is -3.64. The summed E-state index contributed by atoms with van der Waals surface area (Å²) in [5.74, 6) is 0.215. The lowest BCUT2D eigenvalue weighted by atomic mass is 10.0. The third-order valence-corrected chi connectivity index (χ3v) is 8.09. The standard InChI is InChI=1S/C21H29ClN4O3S/c1-13-6-8-25(9-7-13)30(28,29)21-16(4)24-26(17(21)5)12-19(27)23-20-15(3)10-14(2)11-18(20)22/h10-11,13H,6-9,12H2,1-5H3,(H,23,27). The van der Waals surface area contributed by atoms with Crippen LogP contribution in [0, 0.1) is 33.6 Å². The minimum Gasteiger partial charge on any atom is -0.323 e. The highest BCUT2D eigenvalue weighted by Crippen LogP contribution is 2.29. The van der Waals surface area contributed by atoms with Gasteiger partial charge in [0, 0.05) is 13.1 Å². The number of piperidine rings is 1. The van der Waals surface area contributed by atoms with Crippen LogP contribution >= 0.6 is 11.6 Å². The Kier molecular flexibility index (Phi) is 6.60. The van der Waals surface area contributed by atoms with E-state index in [0.29, 0.717) is 41.1 Å². The van der Waals surface area contributed by atoms with Crippen molar-refractivity contribution in [3.63, 3.8) is 0 Å². The fourth-order valence-corrected chi connectivity index (χ4v) is 6.16. The summed E-state index contributed by atoms with van der Waals surface area (Å²) in [6.45, 7) is 10.2. The van der Waals surface area contributed by atoms with E-state index in [1.165, 1.54) is 8.99 Å². The van der Waals surface area contributed by atoms with E-state index in [4.69, 9.17) is 11.6 Å². The van der Waals surface area contributed by atoms with Crippen LogP contribution in [0.1, 0.15) is 42.3 Å². The molecule has 3 rings (SSSR count). The van der Waals surface area contributed by atoms with Crippen LogP contribution in [-0.4, -0.2) is 41.5 Å². The fourth-order valence-electron chi connectivity index (χ4n) is 3.95. The molecular weight excluding hydrogens is 424 g/mol. The Morgan fingerprint density at radius 2 is 1.83 bits per heavy atom. The maximum atomic E-state index is 13.2. The van der Waals surface area contributed by atoms with Crippen LogP contribution in [-0.2, 0) is 21.4 Å². The lowest BCUT2D eigenvalue weighted by Crippen LogP contribution is -2.38. The lowest BCUT2D eigenvalue weighted by molar-refractivity contribution is -0.116. The third kappa shape index (κ3) is 4.55. The number of carbonyl (C=O) groups is 1. The molecule has 0 radical (unpaired) electrons. The van der Waals surface area contributed by atoms with Crippen LogP contribution in [0.4, 0.5) is 5.69 Å². The molecule has 2 aromatic rings. The van der Waals surface area contributed by atoms with Crippen LogP contribution in [0.5, 0.6) is 0 Å². The minimum absolute atomic E-state index is 0.0944. The molecule has 0 unspecified atom stereocenters. The molecule has 7 nitrogen and oxygen atoms in total. The molecule has 164 valence electrons. The number of amides is 1. The van der Waals surface area contributed by atoms with Crippen LogP contribution in [0.3, 0.4) is 0 Å². The number of aromatic nitrogens is 2. The highest BCUT2D eigenvalue weighted by atomic mass is 35.5. The number of halogens is 1. The minimum atomic E-state index is -3.64. The van der Waals surface area contributed by atoms with Crippen molar-refractivity contribution in [2.45, 2.75) is 58.9 Å². The predicted octanol–water partition coefficient (Wildman–Crippen LogP) is 3.83. The van der Waals surface area contributed by atoms with Gasteiger partial charge in [0.2, 0.25) is 15.9 Å². The van der Waals surface area contributed by atoms with Gasteiger partial charge in [0.1, 0.15) is 11.4 Å². The van der Waals surface area contributed by atoms with Crippen LogP contribution in [0.25, 0.3) is 0 Å². The predicted molar refractivity (Wildman–Crippen MR) is 118 cm³/mol. The van der Waals surface area contributed by atoms with Crippen molar-refractivity contribution in [2.75, 3.05) is 18.4 Å². The van der Waals surface area contributed by atoms with E-state index in [9.17, 15) is 13.2 Å². The van der Waals surface area contributed by atoms with Gasteiger partial charge in [0.25, 0.3) is 0 Å². The zero-order chi connectivity index (χ0) is 22.2. The number of carbonyl (C=O) groups excluding carboxylic acids is 1. The first kappa shape index (κ1) is 22.8. The van der Waals surface area contributed by atoms with Crippen molar-refractivity contribution in [2.24, 2.45) is 5.92 Å². The molecule has 1 aromatic heterocycles. The van der Waals surface area contributed by atoms with E-state index in [1.807, 2.05) is 19.9 Å². The van der Waals surface area contributed by atoms with E-state index < -0.39 is 10.0 Å². The van der Waals surface area contributed by atoms with E-state index in [2.05, 4.69) is 17.3 Å². The van der Waals surface area contributed by atoms with E-state index in [1.54, 1.807) is 19.9 Å². The molecule has 0 saturated carbocycles. The largest absolute Gasteiger partial charge is 0.323 e. The van der Waals surface area contributed by atoms with Gasteiger partial charge in [-0.2, -0.15) is 9.40 Å². The first-order valence-corrected chi connectivity index (χ1v) is 11.9. The van der Waals surface area contributed by atoms with Crippen molar-refractivity contribution in [3.8, 4) is 0 Å². The van der Waals surface area contributed by atoms with Gasteiger partial charge in [-0.3, -0.25) is 9.48 Å². The molecule has 1 saturated heterocycles. The summed E-state index contributed by atoms with van der Waals surface area (Å²) < 4.78 is 29.4. The maximum absolute atomic E-state index is 13.2. The summed E-state index contributed by atoms with van der Waals surface area (Å²) in [5, 5.41) is 7.64. The topological polar surface area (TPSA) is 84.3 Å². The molecule has 2 heterocycles. The average Bonchev–Trinajstić information content (AvgIpc) is 2.92. The van der Waals surface area contributed by atoms with Crippen molar-refractivity contribution >= 4 is 33.2 Å². The van der Waals surface area contributed by atoms with Gasteiger partial charge in [0.15, 0.2) is 0 Å². The Morgan fingerprint density at radius 3 is 2.43 bits per heavy atom. The molecule has 1 amide bonds. The quantitative estimate of drug-likeness (QED) is 0.747. The zero-order valence-electron chi connectivity index (χ0n) is 18.1. The monoisotopic (exact) mass is 452 g/mol. The molecule has 1 aliphatic rings. The molecule has 1 N–H and O–H groups in total. The van der Waals surface area contributed by atoms with Gasteiger partial charge < -0.3 is 5.32 Å². The second-order valence-corrected chi connectivity index (χ2v) is 10.5. The van der Waals surface area contributed by atoms with Crippen LogP contribution < -0.4 is 5.32 Å². The number of anilines is 1. The molecule has 1 aromatic carbocycles. The van der Waals surface area contributed by atoms with E-state index >= 15 is 0 Å². The second kappa shape index (κ2) is 8.69. The lowest BCUT2D eigenvalue weighted by Gasteiger charge is -2.29. The molecule has 0 spiro atoms. The smallest absolute Gasteiger partial charge is 0.246 e. The molecule has 30 heavy (non-hydrogen) atoms. The SMILES string of the molecule is Cc1cc(C)c(NC(=O)Cn2nc(C)c(S(=O)(=O)N3CCC(C)CC3)c2C)c(Cl)c1. The molecular formula is C21H29ClN4O3S. The average molecular weight is 453 g/mol. The Balaban J connectivity index is 1.81. The molecule has 0 aliphatic carbocycles. The highest BCUT2D eigenvalue weighted by molar-refractivity contribution is 7.89.